The van der Waals surface area contributed by atoms with Crippen molar-refractivity contribution in [3.8, 4) is 0 Å². The van der Waals surface area contributed by atoms with E-state index in [0.29, 0.717) is 17.7 Å². The predicted octanol–water partition coefficient (Wildman–Crippen LogP) is 4.63. The number of rotatable bonds is 6. The van der Waals surface area contributed by atoms with Crippen LogP contribution >= 0.6 is 0 Å². The molecule has 122 valence electrons. The van der Waals surface area contributed by atoms with E-state index in [4.69, 9.17) is 0 Å². The Kier molecular flexibility index (Phi) is 4.24. The molecule has 2 aromatic carbocycles. The van der Waals surface area contributed by atoms with Gasteiger partial charge < -0.3 is 0 Å². The first kappa shape index (κ1) is 16.4. The fraction of sp³-hybridized carbons (Fsp3) is 0.150. The number of sulfone groups is 1. The normalized spacial score (nSPS) is 15.0. The molecule has 0 aromatic heterocycles. The molecule has 0 unspecified atom stereocenters. The summed E-state index contributed by atoms with van der Waals surface area (Å²) in [4.78, 5) is 5.05. The molecule has 2 aromatic rings. The number of allylic oxidation sites excluding steroid dienone is 2. The van der Waals surface area contributed by atoms with Crippen LogP contribution in [0.1, 0.15) is 18.4 Å². The number of hydrogen-bond donors (Lipinski definition) is 0. The maximum atomic E-state index is 12.9. The van der Waals surface area contributed by atoms with E-state index in [9.17, 15) is 8.42 Å². The second kappa shape index (κ2) is 6.21. The molecule has 0 spiro atoms. The van der Waals surface area contributed by atoms with E-state index in [-0.39, 0.29) is 10.3 Å². The van der Waals surface area contributed by atoms with Gasteiger partial charge in [-0.25, -0.2) is 8.42 Å². The summed E-state index contributed by atoms with van der Waals surface area (Å²) in [5, 5.41) is 0. The first-order chi connectivity index (χ1) is 11.5. The third-order valence-corrected chi connectivity index (χ3v) is 6.10. The van der Waals surface area contributed by atoms with E-state index in [1.165, 1.54) is 0 Å². The van der Waals surface area contributed by atoms with Crippen molar-refractivity contribution in [1.82, 2.24) is 0 Å². The first-order valence-electron chi connectivity index (χ1n) is 7.75. The second-order valence-electron chi connectivity index (χ2n) is 5.90. The molecule has 4 heteroatoms. The molecule has 0 N–H and O–H groups in total. The second-order valence-corrected chi connectivity index (χ2v) is 7.85. The summed E-state index contributed by atoms with van der Waals surface area (Å²) >= 11 is 0. The fourth-order valence-corrected chi connectivity index (χ4v) is 4.42. The molecule has 0 saturated heterocycles. The van der Waals surface area contributed by atoms with Gasteiger partial charge in [0.25, 0.3) is 0 Å². The minimum atomic E-state index is -3.55. The summed E-state index contributed by atoms with van der Waals surface area (Å²) in [6.45, 7) is 7.66. The lowest BCUT2D eigenvalue weighted by Gasteiger charge is -2.25. The smallest absolute Gasteiger partial charge is 0.206 e. The fourth-order valence-electron chi connectivity index (χ4n) is 3.12. The van der Waals surface area contributed by atoms with Crippen molar-refractivity contribution in [2.45, 2.75) is 28.0 Å². The Balaban J connectivity index is 2.13. The van der Waals surface area contributed by atoms with Crippen molar-refractivity contribution in [3.63, 3.8) is 0 Å². The molecule has 0 fully saturated rings. The Morgan fingerprint density at radius 3 is 2.25 bits per heavy atom. The van der Waals surface area contributed by atoms with Crippen LogP contribution in [-0.2, 0) is 15.3 Å². The Bertz CT molecular complexity index is 902. The number of nitrogens with zero attached hydrogens (tertiary/aromatic N) is 1. The Hall–Kier alpha value is -2.46. The van der Waals surface area contributed by atoms with Crippen LogP contribution in [0.3, 0.4) is 0 Å². The molecule has 24 heavy (non-hydrogen) atoms. The molecule has 3 rings (SSSR count). The van der Waals surface area contributed by atoms with E-state index in [2.05, 4.69) is 18.2 Å². The van der Waals surface area contributed by atoms with E-state index < -0.39 is 9.84 Å². The van der Waals surface area contributed by atoms with Crippen molar-refractivity contribution in [2.75, 3.05) is 0 Å². The van der Waals surface area contributed by atoms with Crippen LogP contribution in [0.4, 0.5) is 5.69 Å². The summed E-state index contributed by atoms with van der Waals surface area (Å²) < 4.78 is 25.8. The molecular weight excluding hydrogens is 318 g/mol. The monoisotopic (exact) mass is 337 g/mol. The molecule has 1 aliphatic rings. The van der Waals surface area contributed by atoms with Gasteiger partial charge in [-0.3, -0.25) is 4.99 Å². The van der Waals surface area contributed by atoms with E-state index >= 15 is 0 Å². The quantitative estimate of drug-likeness (QED) is 0.722. The third kappa shape index (κ3) is 2.63. The zero-order valence-electron chi connectivity index (χ0n) is 13.4. The predicted molar refractivity (Wildman–Crippen MR) is 97.8 cm³/mol. The highest BCUT2D eigenvalue weighted by atomic mass is 32.2. The molecule has 0 bridgehead atoms. The summed E-state index contributed by atoms with van der Waals surface area (Å²) in [6.07, 6.45) is 6.93. The lowest BCUT2D eigenvalue weighted by molar-refractivity contribution is 0.593. The van der Waals surface area contributed by atoms with Gasteiger partial charge in [-0.2, -0.15) is 0 Å². The van der Waals surface area contributed by atoms with Crippen LogP contribution in [0.5, 0.6) is 0 Å². The van der Waals surface area contributed by atoms with Crippen LogP contribution in [0.15, 0.2) is 88.6 Å². The Morgan fingerprint density at radius 2 is 1.62 bits per heavy atom. The van der Waals surface area contributed by atoms with Crippen LogP contribution in [0.25, 0.3) is 0 Å². The lowest BCUT2D eigenvalue weighted by atomic mass is 9.77. The standard InChI is InChI=1S/C20H19NO2S/c1-3-12-20(13-4-2)15-21-19-11-10-17(14-18(19)20)24(22,23)16-8-6-5-7-9-16/h3-11,14-15H,1-2,12-13H2. The number of fused-ring (bicyclic) bond motifs is 1. The highest BCUT2D eigenvalue weighted by Gasteiger charge is 2.35. The molecule has 0 atom stereocenters. The van der Waals surface area contributed by atoms with Crippen LogP contribution < -0.4 is 0 Å². The largest absolute Gasteiger partial charge is 0.260 e. The molecule has 0 radical (unpaired) electrons. The molecule has 1 aliphatic heterocycles. The molecule has 0 amide bonds. The topological polar surface area (TPSA) is 46.5 Å². The molecule has 0 aliphatic carbocycles. The van der Waals surface area contributed by atoms with Gasteiger partial charge in [-0.05, 0) is 48.7 Å². The SMILES string of the molecule is C=CCC1(CC=C)C=Nc2ccc(S(=O)(=O)c3ccccc3)cc21. The Morgan fingerprint density at radius 1 is 0.958 bits per heavy atom. The van der Waals surface area contributed by atoms with Crippen molar-refractivity contribution < 1.29 is 8.42 Å². The minimum absolute atomic E-state index is 0.287. The number of hydrogen-bond acceptors (Lipinski definition) is 3. The number of aliphatic imine (C=N–C) groups is 1. The van der Waals surface area contributed by atoms with Gasteiger partial charge >= 0.3 is 0 Å². The van der Waals surface area contributed by atoms with Crippen LogP contribution in [0.2, 0.25) is 0 Å². The summed E-state index contributed by atoms with van der Waals surface area (Å²) in [5.74, 6) is 0. The van der Waals surface area contributed by atoms with Crippen molar-refractivity contribution >= 4 is 21.7 Å². The third-order valence-electron chi connectivity index (χ3n) is 4.34. The van der Waals surface area contributed by atoms with Gasteiger partial charge in [0.05, 0.1) is 15.5 Å². The van der Waals surface area contributed by atoms with Gasteiger partial charge in [-0.15, -0.1) is 13.2 Å². The zero-order chi connectivity index (χ0) is 17.2. The van der Waals surface area contributed by atoms with Gasteiger partial charge in [0.15, 0.2) is 0 Å². The Labute approximate surface area is 143 Å². The highest BCUT2D eigenvalue weighted by Crippen LogP contribution is 2.43. The van der Waals surface area contributed by atoms with Gasteiger partial charge in [0, 0.05) is 11.6 Å². The first-order valence-corrected chi connectivity index (χ1v) is 9.23. The van der Waals surface area contributed by atoms with Crippen LogP contribution in [0, 0.1) is 0 Å². The van der Waals surface area contributed by atoms with Crippen molar-refractivity contribution in [3.05, 3.63) is 79.4 Å². The van der Waals surface area contributed by atoms with E-state index in [0.717, 1.165) is 11.3 Å². The molecular formula is C20H19NO2S. The van der Waals surface area contributed by atoms with Gasteiger partial charge in [0.1, 0.15) is 0 Å². The summed E-state index contributed by atoms with van der Waals surface area (Å²) in [6, 6.07) is 13.6. The summed E-state index contributed by atoms with van der Waals surface area (Å²) in [5.41, 5.74) is 1.37. The minimum Gasteiger partial charge on any atom is -0.260 e. The maximum Gasteiger partial charge on any atom is 0.206 e. The highest BCUT2D eigenvalue weighted by molar-refractivity contribution is 7.91. The summed E-state index contributed by atoms with van der Waals surface area (Å²) in [7, 11) is -3.55. The van der Waals surface area contributed by atoms with Gasteiger partial charge in [-0.1, -0.05) is 30.4 Å². The number of benzene rings is 2. The van der Waals surface area contributed by atoms with Crippen molar-refractivity contribution in [2.24, 2.45) is 4.99 Å². The average molecular weight is 337 g/mol. The average Bonchev–Trinajstić information content (AvgIpc) is 2.94. The van der Waals surface area contributed by atoms with E-state index in [1.54, 1.807) is 48.5 Å². The zero-order valence-corrected chi connectivity index (χ0v) is 14.2. The van der Waals surface area contributed by atoms with Crippen molar-refractivity contribution in [1.29, 1.82) is 0 Å². The van der Waals surface area contributed by atoms with E-state index in [1.807, 2.05) is 18.4 Å². The van der Waals surface area contributed by atoms with Gasteiger partial charge in [0.2, 0.25) is 9.84 Å². The lowest BCUT2D eigenvalue weighted by Crippen LogP contribution is -2.24. The maximum absolute atomic E-state index is 12.9. The van der Waals surface area contributed by atoms with Crippen LogP contribution in [-0.4, -0.2) is 14.6 Å². The molecule has 1 heterocycles. The molecule has 3 nitrogen and oxygen atoms in total. The molecule has 0 saturated carbocycles.